The van der Waals surface area contributed by atoms with Crippen molar-refractivity contribution in [3.63, 3.8) is 0 Å². The molecule has 1 aromatic heterocycles. The van der Waals surface area contributed by atoms with Crippen LogP contribution in [0.3, 0.4) is 0 Å². The summed E-state index contributed by atoms with van der Waals surface area (Å²) >= 11 is 0. The quantitative estimate of drug-likeness (QED) is 0.852. The van der Waals surface area contributed by atoms with Crippen LogP contribution in [0, 0.1) is 28.5 Å². The molecule has 1 aromatic carbocycles. The summed E-state index contributed by atoms with van der Waals surface area (Å²) in [4.78, 5) is 0. The van der Waals surface area contributed by atoms with Crippen LogP contribution >= 0.6 is 0 Å². The molecule has 92 valence electrons. The van der Waals surface area contributed by atoms with Gasteiger partial charge in [-0.15, -0.1) is 0 Å². The third kappa shape index (κ3) is 2.76. The standard InChI is InChI=1S/C13H8FN5/c14-11-2-3-13(19-5-1-4-18-19)12(6-11)17-9-10(7-15)8-16/h1-6,9,17H. The molecule has 2 rings (SSSR count). The number of allylic oxidation sites excluding steroid dienone is 1. The highest BCUT2D eigenvalue weighted by Gasteiger charge is 2.06. The van der Waals surface area contributed by atoms with Crippen molar-refractivity contribution in [2.75, 3.05) is 5.32 Å². The van der Waals surface area contributed by atoms with Crippen LogP contribution in [0.15, 0.2) is 48.4 Å². The van der Waals surface area contributed by atoms with Crippen molar-refractivity contribution in [3.05, 3.63) is 54.2 Å². The molecule has 6 heteroatoms. The number of hydrogen-bond acceptors (Lipinski definition) is 4. The molecule has 0 bridgehead atoms. The van der Waals surface area contributed by atoms with Crippen molar-refractivity contribution in [1.82, 2.24) is 9.78 Å². The lowest BCUT2D eigenvalue weighted by molar-refractivity contribution is 0.627. The Morgan fingerprint density at radius 3 is 2.79 bits per heavy atom. The van der Waals surface area contributed by atoms with Gasteiger partial charge in [0.15, 0.2) is 0 Å². The van der Waals surface area contributed by atoms with Gasteiger partial charge in [0.2, 0.25) is 0 Å². The maximum absolute atomic E-state index is 13.3. The molecule has 0 atom stereocenters. The minimum absolute atomic E-state index is 0.101. The fraction of sp³-hybridized carbons (Fsp3) is 0. The molecule has 1 N–H and O–H groups in total. The Balaban J connectivity index is 2.40. The molecule has 0 fully saturated rings. The van der Waals surface area contributed by atoms with Crippen LogP contribution in [0.4, 0.5) is 10.1 Å². The number of nitrogens with one attached hydrogen (secondary N) is 1. The minimum atomic E-state index is -0.428. The monoisotopic (exact) mass is 253 g/mol. The SMILES string of the molecule is N#CC(C#N)=CNc1cc(F)ccc1-n1cccn1. The van der Waals surface area contributed by atoms with Crippen LogP contribution < -0.4 is 5.32 Å². The van der Waals surface area contributed by atoms with Crippen molar-refractivity contribution in [3.8, 4) is 17.8 Å². The molecular weight excluding hydrogens is 245 g/mol. The summed E-state index contributed by atoms with van der Waals surface area (Å²) in [6.45, 7) is 0. The first-order valence-corrected chi connectivity index (χ1v) is 5.31. The molecule has 0 aliphatic heterocycles. The number of rotatable bonds is 3. The zero-order chi connectivity index (χ0) is 13.7. The molecule has 0 unspecified atom stereocenters. The van der Waals surface area contributed by atoms with Crippen molar-refractivity contribution in [1.29, 1.82) is 10.5 Å². The lowest BCUT2D eigenvalue weighted by Gasteiger charge is -2.09. The van der Waals surface area contributed by atoms with Gasteiger partial charge in [-0.1, -0.05) is 0 Å². The van der Waals surface area contributed by atoms with E-state index in [2.05, 4.69) is 10.4 Å². The lowest BCUT2D eigenvalue weighted by Crippen LogP contribution is -2.01. The molecule has 0 aliphatic carbocycles. The van der Waals surface area contributed by atoms with Gasteiger partial charge in [-0.05, 0) is 24.3 Å². The summed E-state index contributed by atoms with van der Waals surface area (Å²) in [7, 11) is 0. The third-order valence-corrected chi connectivity index (χ3v) is 2.32. The highest BCUT2D eigenvalue weighted by molar-refractivity contribution is 5.63. The summed E-state index contributed by atoms with van der Waals surface area (Å²) in [5.74, 6) is -0.428. The molecule has 5 nitrogen and oxygen atoms in total. The average Bonchev–Trinajstić information content (AvgIpc) is 2.94. The second-order valence-electron chi connectivity index (χ2n) is 3.54. The number of hydrogen-bond donors (Lipinski definition) is 1. The molecule has 0 saturated heterocycles. The molecule has 0 aliphatic rings. The topological polar surface area (TPSA) is 77.4 Å². The van der Waals surface area contributed by atoms with E-state index < -0.39 is 5.82 Å². The number of aromatic nitrogens is 2. The van der Waals surface area contributed by atoms with Gasteiger partial charge in [0.25, 0.3) is 0 Å². The number of nitrogens with zero attached hydrogens (tertiary/aromatic N) is 4. The predicted molar refractivity (Wildman–Crippen MR) is 66.5 cm³/mol. The van der Waals surface area contributed by atoms with Crippen LogP contribution in [0.5, 0.6) is 0 Å². The second kappa shape index (κ2) is 5.48. The molecular formula is C13H8FN5. The fourth-order valence-electron chi connectivity index (χ4n) is 1.47. The number of benzene rings is 1. The van der Waals surface area contributed by atoms with Crippen LogP contribution in [-0.2, 0) is 0 Å². The van der Waals surface area contributed by atoms with Gasteiger partial charge in [0, 0.05) is 18.6 Å². The average molecular weight is 253 g/mol. The number of anilines is 1. The van der Waals surface area contributed by atoms with Gasteiger partial charge in [-0.25, -0.2) is 9.07 Å². The normalized spacial score (nSPS) is 9.21. The minimum Gasteiger partial charge on any atom is -0.358 e. The Labute approximate surface area is 108 Å². The first-order chi connectivity index (χ1) is 9.24. The summed E-state index contributed by atoms with van der Waals surface area (Å²) in [5, 5.41) is 24.1. The van der Waals surface area contributed by atoms with Crippen molar-refractivity contribution in [2.24, 2.45) is 0 Å². The summed E-state index contributed by atoms with van der Waals surface area (Å²) < 4.78 is 14.8. The largest absolute Gasteiger partial charge is 0.358 e. The van der Waals surface area contributed by atoms with E-state index in [1.54, 1.807) is 41.3 Å². The molecule has 0 saturated carbocycles. The fourth-order valence-corrected chi connectivity index (χ4v) is 1.47. The van der Waals surface area contributed by atoms with Crippen LogP contribution in [0.25, 0.3) is 5.69 Å². The van der Waals surface area contributed by atoms with E-state index in [0.29, 0.717) is 11.4 Å². The number of nitriles is 2. The number of halogens is 1. The smallest absolute Gasteiger partial charge is 0.145 e. The van der Waals surface area contributed by atoms with Crippen LogP contribution in [-0.4, -0.2) is 9.78 Å². The maximum Gasteiger partial charge on any atom is 0.145 e. The Morgan fingerprint density at radius 1 is 1.37 bits per heavy atom. The second-order valence-corrected chi connectivity index (χ2v) is 3.54. The molecule has 0 amide bonds. The van der Waals surface area contributed by atoms with Crippen molar-refractivity contribution < 1.29 is 4.39 Å². The van der Waals surface area contributed by atoms with E-state index in [1.165, 1.54) is 18.3 Å². The zero-order valence-corrected chi connectivity index (χ0v) is 9.71. The van der Waals surface area contributed by atoms with Gasteiger partial charge in [0.1, 0.15) is 23.5 Å². The lowest BCUT2D eigenvalue weighted by atomic mass is 10.2. The zero-order valence-electron chi connectivity index (χ0n) is 9.71. The van der Waals surface area contributed by atoms with E-state index in [9.17, 15) is 4.39 Å². The summed E-state index contributed by atoms with van der Waals surface area (Å²) in [6.07, 6.45) is 4.53. The Hall–Kier alpha value is -3.12. The molecule has 19 heavy (non-hydrogen) atoms. The molecule has 1 heterocycles. The Bertz CT molecular complexity index is 673. The van der Waals surface area contributed by atoms with Crippen LogP contribution in [0.2, 0.25) is 0 Å². The maximum atomic E-state index is 13.3. The molecule has 2 aromatic rings. The highest BCUT2D eigenvalue weighted by atomic mass is 19.1. The molecule has 0 spiro atoms. The van der Waals surface area contributed by atoms with E-state index in [0.717, 1.165) is 0 Å². The van der Waals surface area contributed by atoms with E-state index in [1.807, 2.05) is 0 Å². The first kappa shape index (κ1) is 12.3. The van der Waals surface area contributed by atoms with E-state index in [-0.39, 0.29) is 5.57 Å². The van der Waals surface area contributed by atoms with Gasteiger partial charge < -0.3 is 5.32 Å². The first-order valence-electron chi connectivity index (χ1n) is 5.31. The van der Waals surface area contributed by atoms with E-state index in [4.69, 9.17) is 10.5 Å². The predicted octanol–water partition coefficient (Wildman–Crippen LogP) is 2.35. The van der Waals surface area contributed by atoms with Gasteiger partial charge in [-0.2, -0.15) is 15.6 Å². The van der Waals surface area contributed by atoms with Gasteiger partial charge in [-0.3, -0.25) is 0 Å². The van der Waals surface area contributed by atoms with Crippen molar-refractivity contribution in [2.45, 2.75) is 0 Å². The highest BCUT2D eigenvalue weighted by Crippen LogP contribution is 2.21. The Kier molecular flexibility index (Phi) is 3.56. The van der Waals surface area contributed by atoms with Gasteiger partial charge >= 0.3 is 0 Å². The van der Waals surface area contributed by atoms with Gasteiger partial charge in [0.05, 0.1) is 11.4 Å². The summed E-state index contributed by atoms with van der Waals surface area (Å²) in [6, 6.07) is 9.28. The van der Waals surface area contributed by atoms with Crippen molar-refractivity contribution >= 4 is 5.69 Å². The Morgan fingerprint density at radius 2 is 2.16 bits per heavy atom. The van der Waals surface area contributed by atoms with Crippen LogP contribution in [0.1, 0.15) is 0 Å². The molecule has 0 radical (unpaired) electrons. The summed E-state index contributed by atoms with van der Waals surface area (Å²) in [5.41, 5.74) is 0.917. The van der Waals surface area contributed by atoms with E-state index >= 15 is 0 Å². The third-order valence-electron chi connectivity index (χ3n) is 2.32.